The molecule has 0 aromatic heterocycles. The maximum absolute atomic E-state index is 11.7. The van der Waals surface area contributed by atoms with Crippen molar-refractivity contribution in [3.8, 4) is 0 Å². The van der Waals surface area contributed by atoms with Gasteiger partial charge in [-0.15, -0.1) is 0 Å². The topological polar surface area (TPSA) is 49.4 Å². The molecular weight excluding hydrogens is 292 g/mol. The summed E-state index contributed by atoms with van der Waals surface area (Å²) in [6, 6.07) is -0.0148. The minimum Gasteiger partial charge on any atom is -0.202 e. The molecule has 0 aliphatic heterocycles. The number of hydrogen-bond donors (Lipinski definition) is 1. The summed E-state index contributed by atoms with van der Waals surface area (Å²) in [5.41, 5.74) is 0. The van der Waals surface area contributed by atoms with Crippen molar-refractivity contribution in [2.75, 3.05) is 18.9 Å². The van der Waals surface area contributed by atoms with Gasteiger partial charge >= 0.3 is 0 Å². The first kappa shape index (κ1) is 16.4. The van der Waals surface area contributed by atoms with Gasteiger partial charge < -0.3 is 0 Å². The molecule has 0 amide bonds. The van der Waals surface area contributed by atoms with Crippen LogP contribution in [0.1, 0.15) is 33.6 Å². The van der Waals surface area contributed by atoms with Crippen LogP contribution < -0.4 is 4.72 Å². The molecular formula is C10H23BrN2O2S. The molecule has 0 fully saturated rings. The highest BCUT2D eigenvalue weighted by Gasteiger charge is 2.19. The van der Waals surface area contributed by atoms with Crippen LogP contribution in [0.15, 0.2) is 0 Å². The van der Waals surface area contributed by atoms with Crippen LogP contribution in [0.3, 0.4) is 0 Å². The zero-order chi connectivity index (χ0) is 12.8. The van der Waals surface area contributed by atoms with Gasteiger partial charge in [-0.3, -0.25) is 0 Å². The number of hydrogen-bond acceptors (Lipinski definition) is 2. The van der Waals surface area contributed by atoms with Crippen LogP contribution in [0, 0.1) is 5.92 Å². The highest BCUT2D eigenvalue weighted by Crippen LogP contribution is 2.08. The molecule has 16 heavy (non-hydrogen) atoms. The van der Waals surface area contributed by atoms with Crippen molar-refractivity contribution >= 4 is 26.1 Å². The lowest BCUT2D eigenvalue weighted by atomic mass is 10.1. The summed E-state index contributed by atoms with van der Waals surface area (Å²) in [5, 5.41) is 0.964. The quantitative estimate of drug-likeness (QED) is 0.550. The largest absolute Gasteiger partial charge is 0.279 e. The van der Waals surface area contributed by atoms with Crippen molar-refractivity contribution in [1.82, 2.24) is 9.03 Å². The van der Waals surface area contributed by atoms with E-state index in [2.05, 4.69) is 27.6 Å². The lowest BCUT2D eigenvalue weighted by Gasteiger charge is -2.21. The molecule has 98 valence electrons. The molecule has 0 spiro atoms. The van der Waals surface area contributed by atoms with Crippen molar-refractivity contribution in [2.45, 2.75) is 39.7 Å². The van der Waals surface area contributed by atoms with E-state index < -0.39 is 10.2 Å². The lowest BCUT2D eigenvalue weighted by molar-refractivity contribution is 0.401. The minimum atomic E-state index is -3.29. The van der Waals surface area contributed by atoms with Crippen LogP contribution in [0.5, 0.6) is 0 Å². The number of rotatable bonds is 8. The van der Waals surface area contributed by atoms with Crippen molar-refractivity contribution < 1.29 is 8.42 Å². The monoisotopic (exact) mass is 314 g/mol. The summed E-state index contributed by atoms with van der Waals surface area (Å²) in [5.74, 6) is 0.590. The Morgan fingerprint density at radius 2 is 1.88 bits per heavy atom. The molecule has 0 radical (unpaired) electrons. The lowest BCUT2D eigenvalue weighted by Crippen LogP contribution is -2.42. The van der Waals surface area contributed by atoms with Crippen molar-refractivity contribution in [2.24, 2.45) is 5.92 Å². The number of halogens is 1. The Morgan fingerprint density at radius 3 is 2.31 bits per heavy atom. The Labute approximate surface area is 108 Å². The van der Waals surface area contributed by atoms with Gasteiger partial charge in [0.05, 0.1) is 0 Å². The smallest absolute Gasteiger partial charge is 0.202 e. The van der Waals surface area contributed by atoms with E-state index in [9.17, 15) is 8.42 Å². The third-order valence-electron chi connectivity index (χ3n) is 2.53. The first-order chi connectivity index (χ1) is 7.31. The molecule has 1 unspecified atom stereocenters. The molecule has 0 aliphatic carbocycles. The van der Waals surface area contributed by atoms with Crippen molar-refractivity contribution in [3.05, 3.63) is 0 Å². The molecule has 0 saturated heterocycles. The Kier molecular flexibility index (Phi) is 7.80. The van der Waals surface area contributed by atoms with E-state index >= 15 is 0 Å². The average molecular weight is 315 g/mol. The molecule has 1 N–H and O–H groups in total. The van der Waals surface area contributed by atoms with Crippen LogP contribution in [-0.4, -0.2) is 37.7 Å². The summed E-state index contributed by atoms with van der Waals surface area (Å²) in [7, 11) is -1.70. The van der Waals surface area contributed by atoms with Gasteiger partial charge in [0.15, 0.2) is 0 Å². The van der Waals surface area contributed by atoms with Gasteiger partial charge in [0.2, 0.25) is 0 Å². The molecule has 1 atom stereocenters. The van der Waals surface area contributed by atoms with Crippen LogP contribution >= 0.6 is 15.9 Å². The van der Waals surface area contributed by atoms with Crippen LogP contribution in [0.25, 0.3) is 0 Å². The van der Waals surface area contributed by atoms with E-state index in [-0.39, 0.29) is 6.04 Å². The maximum atomic E-state index is 11.7. The van der Waals surface area contributed by atoms with Gasteiger partial charge in [0, 0.05) is 25.0 Å². The van der Waals surface area contributed by atoms with Crippen LogP contribution in [0.4, 0.5) is 0 Å². The first-order valence-electron chi connectivity index (χ1n) is 5.59. The Morgan fingerprint density at radius 1 is 1.31 bits per heavy atom. The van der Waals surface area contributed by atoms with Gasteiger partial charge in [-0.1, -0.05) is 22.9 Å². The van der Waals surface area contributed by atoms with E-state index in [4.69, 9.17) is 0 Å². The summed E-state index contributed by atoms with van der Waals surface area (Å²) < 4.78 is 27.3. The van der Waals surface area contributed by atoms with Gasteiger partial charge in [-0.25, -0.2) is 4.72 Å². The fourth-order valence-electron chi connectivity index (χ4n) is 1.11. The van der Waals surface area contributed by atoms with Crippen molar-refractivity contribution in [1.29, 1.82) is 0 Å². The Bertz CT molecular complexity index is 281. The Hall–Kier alpha value is 0.350. The van der Waals surface area contributed by atoms with Crippen LogP contribution in [-0.2, 0) is 10.2 Å². The zero-order valence-electron chi connectivity index (χ0n) is 10.5. The van der Waals surface area contributed by atoms with Gasteiger partial charge in [-0.05, 0) is 32.6 Å². The normalized spacial score (nSPS) is 14.7. The molecule has 0 rings (SSSR count). The minimum absolute atomic E-state index is 0.0148. The van der Waals surface area contributed by atoms with Gasteiger partial charge in [0.1, 0.15) is 0 Å². The standard InChI is InChI=1S/C10H23BrN2O2S/c1-9(2)13(4)16(14,15)12-7-5-6-10(3)8-11/h9-10,12H,5-8H2,1-4H3. The van der Waals surface area contributed by atoms with E-state index in [0.717, 1.165) is 18.2 Å². The highest BCUT2D eigenvalue weighted by atomic mass is 79.9. The molecule has 6 heteroatoms. The molecule has 4 nitrogen and oxygen atoms in total. The maximum Gasteiger partial charge on any atom is 0.279 e. The number of alkyl halides is 1. The molecule has 0 aromatic rings. The summed E-state index contributed by atoms with van der Waals surface area (Å²) >= 11 is 3.40. The SMILES string of the molecule is CC(CBr)CCCNS(=O)(=O)N(C)C(C)C. The van der Waals surface area contributed by atoms with Gasteiger partial charge in [0.25, 0.3) is 10.2 Å². The fourth-order valence-corrected chi connectivity index (χ4v) is 2.59. The first-order valence-corrected chi connectivity index (χ1v) is 8.16. The summed E-state index contributed by atoms with van der Waals surface area (Å²) in [4.78, 5) is 0. The second-order valence-corrected chi connectivity index (χ2v) is 6.87. The Balaban J connectivity index is 3.93. The van der Waals surface area contributed by atoms with E-state index in [1.54, 1.807) is 7.05 Å². The summed E-state index contributed by atoms with van der Waals surface area (Å²) in [6.07, 6.45) is 1.90. The second kappa shape index (κ2) is 7.63. The zero-order valence-corrected chi connectivity index (χ0v) is 12.9. The third kappa shape index (κ3) is 6.18. The van der Waals surface area contributed by atoms with Crippen molar-refractivity contribution in [3.63, 3.8) is 0 Å². The third-order valence-corrected chi connectivity index (χ3v) is 5.38. The van der Waals surface area contributed by atoms with Crippen LogP contribution in [0.2, 0.25) is 0 Å². The summed E-state index contributed by atoms with van der Waals surface area (Å²) in [6.45, 7) is 6.36. The highest BCUT2D eigenvalue weighted by molar-refractivity contribution is 9.09. The van der Waals surface area contributed by atoms with E-state index in [1.165, 1.54) is 4.31 Å². The number of nitrogens with one attached hydrogen (secondary N) is 1. The molecule has 0 saturated carbocycles. The molecule has 0 bridgehead atoms. The average Bonchev–Trinajstić information content (AvgIpc) is 2.22. The molecule has 0 heterocycles. The van der Waals surface area contributed by atoms with Gasteiger partial charge in [-0.2, -0.15) is 12.7 Å². The second-order valence-electron chi connectivity index (χ2n) is 4.41. The fraction of sp³-hybridized carbons (Fsp3) is 1.00. The van der Waals surface area contributed by atoms with E-state index in [0.29, 0.717) is 12.5 Å². The predicted molar refractivity (Wildman–Crippen MR) is 72.0 cm³/mol. The van der Waals surface area contributed by atoms with E-state index in [1.807, 2.05) is 13.8 Å². The molecule has 0 aromatic carbocycles. The predicted octanol–water partition coefficient (Wildman–Crippen LogP) is 1.97. The number of nitrogens with zero attached hydrogens (tertiary/aromatic N) is 1. The molecule has 0 aliphatic rings.